The molecule has 1 saturated heterocycles. The van der Waals surface area contributed by atoms with Gasteiger partial charge in [0.15, 0.2) is 0 Å². The molecule has 1 aromatic rings. The Balaban J connectivity index is 1.92. The van der Waals surface area contributed by atoms with Gasteiger partial charge in [0.05, 0.1) is 0 Å². The Kier molecular flexibility index (Phi) is 4.51. The zero-order valence-corrected chi connectivity index (χ0v) is 13.7. The molecule has 0 aromatic heterocycles. The molecule has 0 saturated carbocycles. The third kappa shape index (κ3) is 2.95. The number of hydrogen-bond donors (Lipinski definition) is 2. The van der Waals surface area contributed by atoms with Gasteiger partial charge in [-0.1, -0.05) is 12.1 Å². The highest BCUT2D eigenvalue weighted by atomic mass is 15.2. The summed E-state index contributed by atoms with van der Waals surface area (Å²) in [6, 6.07) is 8.76. The number of fused-ring (bicyclic) bond motifs is 1. The van der Waals surface area contributed by atoms with Crippen LogP contribution in [0.4, 0.5) is 5.69 Å². The Morgan fingerprint density at radius 2 is 2.00 bits per heavy atom. The summed E-state index contributed by atoms with van der Waals surface area (Å²) in [5.74, 6) is 0. The lowest BCUT2D eigenvalue weighted by Crippen LogP contribution is -2.46. The molecule has 0 bridgehead atoms. The minimum absolute atomic E-state index is 0.555. The van der Waals surface area contributed by atoms with E-state index in [2.05, 4.69) is 47.6 Å². The fraction of sp³-hybridized carbons (Fsp3) is 0.667. The van der Waals surface area contributed by atoms with Crippen molar-refractivity contribution < 1.29 is 0 Å². The maximum absolute atomic E-state index is 3.65. The van der Waals surface area contributed by atoms with E-state index in [4.69, 9.17) is 0 Å². The molecular formula is C18H29N3. The van der Waals surface area contributed by atoms with E-state index in [0.29, 0.717) is 18.1 Å². The lowest BCUT2D eigenvalue weighted by molar-refractivity contribution is 0.409. The first-order valence-corrected chi connectivity index (χ1v) is 8.47. The summed E-state index contributed by atoms with van der Waals surface area (Å²) in [5.41, 5.74) is 4.57. The van der Waals surface area contributed by atoms with E-state index < -0.39 is 0 Å². The molecule has 0 spiro atoms. The SMILES string of the molecule is CNCC1Cc2c(cccc2N2C(C)CCCC2C)CN1. The van der Waals surface area contributed by atoms with Gasteiger partial charge in [0.2, 0.25) is 0 Å². The van der Waals surface area contributed by atoms with Crippen LogP contribution in [0.25, 0.3) is 0 Å². The first-order valence-electron chi connectivity index (χ1n) is 8.47. The average Bonchev–Trinajstić information content (AvgIpc) is 2.48. The Morgan fingerprint density at radius 3 is 2.71 bits per heavy atom. The minimum atomic E-state index is 0.555. The number of benzene rings is 1. The zero-order valence-electron chi connectivity index (χ0n) is 13.7. The van der Waals surface area contributed by atoms with Gasteiger partial charge >= 0.3 is 0 Å². The van der Waals surface area contributed by atoms with Crippen molar-refractivity contribution in [2.45, 2.75) is 64.2 Å². The molecule has 1 aromatic carbocycles. The van der Waals surface area contributed by atoms with Gasteiger partial charge in [-0.05, 0) is 63.8 Å². The van der Waals surface area contributed by atoms with Crippen molar-refractivity contribution >= 4 is 5.69 Å². The second-order valence-corrected chi connectivity index (χ2v) is 6.79. The van der Waals surface area contributed by atoms with E-state index >= 15 is 0 Å². The lowest BCUT2D eigenvalue weighted by atomic mass is 9.90. The van der Waals surface area contributed by atoms with Crippen LogP contribution in [0.1, 0.15) is 44.2 Å². The van der Waals surface area contributed by atoms with Crippen LogP contribution in [-0.4, -0.2) is 31.7 Å². The number of nitrogens with zero attached hydrogens (tertiary/aromatic N) is 1. The first-order chi connectivity index (χ1) is 10.2. The van der Waals surface area contributed by atoms with E-state index in [9.17, 15) is 0 Å². The molecule has 3 nitrogen and oxygen atoms in total. The number of piperidine rings is 1. The second-order valence-electron chi connectivity index (χ2n) is 6.79. The third-order valence-electron chi connectivity index (χ3n) is 5.20. The highest BCUT2D eigenvalue weighted by molar-refractivity contribution is 5.59. The molecule has 2 heterocycles. The largest absolute Gasteiger partial charge is 0.366 e. The van der Waals surface area contributed by atoms with Crippen LogP contribution in [-0.2, 0) is 13.0 Å². The van der Waals surface area contributed by atoms with E-state index in [1.165, 1.54) is 30.5 Å². The van der Waals surface area contributed by atoms with Crippen molar-refractivity contribution in [2.75, 3.05) is 18.5 Å². The highest BCUT2D eigenvalue weighted by Crippen LogP contribution is 2.34. The van der Waals surface area contributed by atoms with Crippen LogP contribution in [0.5, 0.6) is 0 Å². The Hall–Kier alpha value is -1.06. The number of hydrogen-bond acceptors (Lipinski definition) is 3. The Morgan fingerprint density at radius 1 is 1.24 bits per heavy atom. The van der Waals surface area contributed by atoms with Gasteiger partial charge in [0.1, 0.15) is 0 Å². The molecule has 2 aliphatic rings. The minimum Gasteiger partial charge on any atom is -0.366 e. The summed E-state index contributed by atoms with van der Waals surface area (Å²) in [5, 5.41) is 6.96. The second kappa shape index (κ2) is 6.37. The van der Waals surface area contributed by atoms with Gasteiger partial charge in [-0.25, -0.2) is 0 Å². The summed E-state index contributed by atoms with van der Waals surface area (Å²) >= 11 is 0. The molecule has 0 amide bonds. The van der Waals surface area contributed by atoms with Crippen LogP contribution in [0.2, 0.25) is 0 Å². The van der Waals surface area contributed by atoms with Crippen molar-refractivity contribution in [1.29, 1.82) is 0 Å². The van der Waals surface area contributed by atoms with Gasteiger partial charge < -0.3 is 15.5 Å². The lowest BCUT2D eigenvalue weighted by Gasteiger charge is -2.43. The fourth-order valence-corrected chi connectivity index (χ4v) is 4.12. The molecule has 3 rings (SSSR count). The number of nitrogens with one attached hydrogen (secondary N) is 2. The molecule has 21 heavy (non-hydrogen) atoms. The normalized spacial score (nSPS) is 29.3. The topological polar surface area (TPSA) is 27.3 Å². The van der Waals surface area contributed by atoms with E-state index in [0.717, 1.165) is 19.5 Å². The van der Waals surface area contributed by atoms with E-state index in [1.54, 1.807) is 5.56 Å². The first kappa shape index (κ1) is 14.9. The molecule has 3 atom stereocenters. The summed E-state index contributed by atoms with van der Waals surface area (Å²) < 4.78 is 0. The zero-order chi connectivity index (χ0) is 14.8. The smallest absolute Gasteiger partial charge is 0.0407 e. The van der Waals surface area contributed by atoms with Crippen LogP contribution in [0.3, 0.4) is 0 Å². The summed E-state index contributed by atoms with van der Waals surface area (Å²) in [6.45, 7) is 6.83. The van der Waals surface area contributed by atoms with Crippen LogP contribution >= 0.6 is 0 Å². The predicted molar refractivity (Wildman–Crippen MR) is 90.0 cm³/mol. The molecule has 2 N–H and O–H groups in total. The van der Waals surface area contributed by atoms with Crippen LogP contribution in [0, 0.1) is 0 Å². The molecule has 3 unspecified atom stereocenters. The maximum atomic E-state index is 3.65. The van der Waals surface area contributed by atoms with Crippen LogP contribution in [0.15, 0.2) is 18.2 Å². The molecule has 3 heteroatoms. The number of anilines is 1. The van der Waals surface area contributed by atoms with Crippen molar-refractivity contribution in [1.82, 2.24) is 10.6 Å². The Labute approximate surface area is 129 Å². The van der Waals surface area contributed by atoms with Crippen molar-refractivity contribution in [3.63, 3.8) is 0 Å². The van der Waals surface area contributed by atoms with Gasteiger partial charge in [0.25, 0.3) is 0 Å². The maximum Gasteiger partial charge on any atom is 0.0407 e. The van der Waals surface area contributed by atoms with Gasteiger partial charge in [-0.2, -0.15) is 0 Å². The number of likely N-dealkylation sites (N-methyl/N-ethyl adjacent to an activating group) is 1. The fourth-order valence-electron chi connectivity index (χ4n) is 4.12. The summed E-state index contributed by atoms with van der Waals surface area (Å²) in [7, 11) is 2.04. The molecule has 1 fully saturated rings. The number of rotatable bonds is 3. The summed E-state index contributed by atoms with van der Waals surface area (Å²) in [4.78, 5) is 2.68. The highest BCUT2D eigenvalue weighted by Gasteiger charge is 2.29. The monoisotopic (exact) mass is 287 g/mol. The van der Waals surface area contributed by atoms with Gasteiger partial charge in [-0.3, -0.25) is 0 Å². The van der Waals surface area contributed by atoms with E-state index in [1.807, 2.05) is 7.05 Å². The average molecular weight is 287 g/mol. The molecule has 116 valence electrons. The van der Waals surface area contributed by atoms with Crippen molar-refractivity contribution in [3.8, 4) is 0 Å². The predicted octanol–water partition coefficient (Wildman–Crippen LogP) is 2.69. The standard InChI is InChI=1S/C18H29N3/c1-13-6-4-7-14(2)21(13)18-9-5-8-15-11-20-16(12-19-3)10-17(15)18/h5,8-9,13-14,16,19-20H,4,6-7,10-12H2,1-3H3. The third-order valence-corrected chi connectivity index (χ3v) is 5.20. The molecule has 0 radical (unpaired) electrons. The van der Waals surface area contributed by atoms with E-state index in [-0.39, 0.29) is 0 Å². The quantitative estimate of drug-likeness (QED) is 0.895. The van der Waals surface area contributed by atoms with Gasteiger partial charge in [0, 0.05) is 36.9 Å². The van der Waals surface area contributed by atoms with Crippen molar-refractivity contribution in [3.05, 3.63) is 29.3 Å². The molecule has 2 aliphatic heterocycles. The molecule has 0 aliphatic carbocycles. The Bertz CT molecular complexity index is 475. The van der Waals surface area contributed by atoms with Crippen molar-refractivity contribution in [2.24, 2.45) is 0 Å². The summed E-state index contributed by atoms with van der Waals surface area (Å²) in [6.07, 6.45) is 5.17. The van der Waals surface area contributed by atoms with Gasteiger partial charge in [-0.15, -0.1) is 0 Å². The van der Waals surface area contributed by atoms with Crippen LogP contribution < -0.4 is 15.5 Å². The molecular weight excluding hydrogens is 258 g/mol.